The Morgan fingerprint density at radius 2 is 2.13 bits per heavy atom. The highest BCUT2D eigenvalue weighted by molar-refractivity contribution is 14.1. The largest absolute Gasteiger partial charge is 0.390 e. The van der Waals surface area contributed by atoms with Crippen LogP contribution in [0.15, 0.2) is 18.4 Å². The molecule has 1 aromatic rings. The number of hydrogen-bond acceptors (Lipinski definition) is 5. The predicted molar refractivity (Wildman–Crippen MR) is 111 cm³/mol. The number of nitrogens with one attached hydrogen (secondary N) is 2. The van der Waals surface area contributed by atoms with Crippen LogP contribution in [0, 0.1) is 3.70 Å². The van der Waals surface area contributed by atoms with Crippen molar-refractivity contribution in [2.45, 2.75) is 43.8 Å². The number of rotatable bonds is 5. The molecule has 1 aromatic heterocycles. The molecule has 1 unspecified atom stereocenters. The van der Waals surface area contributed by atoms with E-state index in [0.717, 1.165) is 12.8 Å². The van der Waals surface area contributed by atoms with Crippen molar-refractivity contribution in [3.63, 3.8) is 0 Å². The second-order valence-corrected chi connectivity index (χ2v) is 8.78. The molecule has 3 heterocycles. The third-order valence-electron chi connectivity index (χ3n) is 5.36. The molecule has 30 heavy (non-hydrogen) atoms. The molecule has 0 saturated heterocycles. The van der Waals surface area contributed by atoms with E-state index < -0.39 is 23.9 Å². The van der Waals surface area contributed by atoms with Gasteiger partial charge in [0.2, 0.25) is 11.8 Å². The van der Waals surface area contributed by atoms with Gasteiger partial charge in [-0.05, 0) is 54.6 Å². The minimum absolute atomic E-state index is 0.103. The molecule has 2 N–H and O–H groups in total. The summed E-state index contributed by atoms with van der Waals surface area (Å²) in [6, 6.07) is 0.103. The highest BCUT2D eigenvalue weighted by Crippen LogP contribution is 2.40. The summed E-state index contributed by atoms with van der Waals surface area (Å²) < 4.78 is 38.0. The number of halogens is 4. The van der Waals surface area contributed by atoms with E-state index in [1.807, 2.05) is 22.6 Å². The fourth-order valence-corrected chi connectivity index (χ4v) is 4.43. The molecule has 2 aliphatic heterocycles. The number of anilines is 1. The molecule has 7 nitrogen and oxygen atoms in total. The lowest BCUT2D eigenvalue weighted by atomic mass is 9.84. The zero-order chi connectivity index (χ0) is 21.7. The van der Waals surface area contributed by atoms with E-state index in [-0.39, 0.29) is 30.9 Å². The molecule has 4 rings (SSSR count). The molecule has 3 aliphatic rings. The Balaban J connectivity index is 1.58. The number of carbonyl (C=O) groups excluding carboxylic acids is 2. The normalized spacial score (nSPS) is 23.2. The van der Waals surface area contributed by atoms with Gasteiger partial charge in [0.1, 0.15) is 9.52 Å². The summed E-state index contributed by atoms with van der Waals surface area (Å²) in [5, 5.41) is 5.54. The summed E-state index contributed by atoms with van der Waals surface area (Å²) in [5.74, 6) is -0.273. The average Bonchev–Trinajstić information content (AvgIpc) is 3.44. The van der Waals surface area contributed by atoms with Crippen molar-refractivity contribution in [3.8, 4) is 0 Å². The van der Waals surface area contributed by atoms with Gasteiger partial charge in [-0.15, -0.1) is 0 Å². The van der Waals surface area contributed by atoms with Gasteiger partial charge in [0.25, 0.3) is 0 Å². The number of hydrogen-bond donors (Lipinski definition) is 2. The molecule has 0 radical (unpaired) electrons. The molecule has 0 aromatic carbocycles. The maximum atomic E-state index is 12.8. The van der Waals surface area contributed by atoms with Crippen LogP contribution < -0.4 is 10.6 Å². The van der Waals surface area contributed by atoms with Crippen LogP contribution in [0.25, 0.3) is 5.57 Å². The molecule has 0 bridgehead atoms. The van der Waals surface area contributed by atoms with Crippen molar-refractivity contribution in [2.75, 3.05) is 18.4 Å². The minimum Gasteiger partial charge on any atom is -0.373 e. The van der Waals surface area contributed by atoms with E-state index >= 15 is 0 Å². The van der Waals surface area contributed by atoms with Crippen molar-refractivity contribution in [1.29, 1.82) is 0 Å². The maximum Gasteiger partial charge on any atom is 0.390 e. The number of carbonyl (C=O) groups is 2. The van der Waals surface area contributed by atoms with Crippen molar-refractivity contribution in [2.24, 2.45) is 0 Å². The first-order valence-electron chi connectivity index (χ1n) is 9.47. The molecule has 0 spiro atoms. The van der Waals surface area contributed by atoms with Crippen molar-refractivity contribution < 1.29 is 22.8 Å². The van der Waals surface area contributed by atoms with E-state index in [9.17, 15) is 22.8 Å². The number of nitrogens with zero attached hydrogens (tertiary/aromatic N) is 3. The molecule has 160 valence electrons. The van der Waals surface area contributed by atoms with Gasteiger partial charge in [-0.3, -0.25) is 9.59 Å². The molecule has 1 atom stereocenters. The molecule has 1 fully saturated rings. The first-order chi connectivity index (χ1) is 14.1. The van der Waals surface area contributed by atoms with Gasteiger partial charge in [-0.1, -0.05) is 6.08 Å². The standard InChI is InChI=1S/C19H19F3IN5O2/c1-18(16(29)24-11-4-5-11)12-13(23)25-14(26-15(12)27-17(18)30)10-3-2-7-28(9-10)8-6-19(20,21)22/h2-3,7,11H,4-6,8-9H2,1H3,(H,24,29)(H,25,26,27,30). The lowest BCUT2D eigenvalue weighted by molar-refractivity contribution is -0.136. The molecule has 11 heteroatoms. The second-order valence-electron chi connectivity index (χ2n) is 7.76. The van der Waals surface area contributed by atoms with Crippen LogP contribution in [0.3, 0.4) is 0 Å². The van der Waals surface area contributed by atoms with Crippen LogP contribution in [0.4, 0.5) is 19.0 Å². The van der Waals surface area contributed by atoms with E-state index in [1.165, 1.54) is 4.90 Å². The number of amides is 2. The Bertz CT molecular complexity index is 974. The van der Waals surface area contributed by atoms with Gasteiger partial charge in [0.15, 0.2) is 11.2 Å². The van der Waals surface area contributed by atoms with Crippen molar-refractivity contribution >= 4 is 45.8 Å². The van der Waals surface area contributed by atoms with Gasteiger partial charge in [0.05, 0.1) is 12.0 Å². The van der Waals surface area contributed by atoms with Crippen LogP contribution in [0.1, 0.15) is 37.6 Å². The van der Waals surface area contributed by atoms with Gasteiger partial charge in [0, 0.05) is 24.7 Å². The number of fused-ring (bicyclic) bond motifs is 1. The topological polar surface area (TPSA) is 87.2 Å². The molecule has 2 amide bonds. The first-order valence-corrected chi connectivity index (χ1v) is 10.5. The lowest BCUT2D eigenvalue weighted by Gasteiger charge is -2.25. The quantitative estimate of drug-likeness (QED) is 0.346. The van der Waals surface area contributed by atoms with E-state index in [2.05, 4.69) is 20.6 Å². The predicted octanol–water partition coefficient (Wildman–Crippen LogP) is 2.73. The highest BCUT2D eigenvalue weighted by Gasteiger charge is 2.52. The Labute approximate surface area is 184 Å². The summed E-state index contributed by atoms with van der Waals surface area (Å²) in [5.41, 5.74) is -0.367. The number of aromatic nitrogens is 2. The molecular formula is C19H19F3IN5O2. The van der Waals surface area contributed by atoms with Crippen LogP contribution >= 0.6 is 22.6 Å². The average molecular weight is 533 g/mol. The zero-order valence-electron chi connectivity index (χ0n) is 16.0. The van der Waals surface area contributed by atoms with Gasteiger partial charge in [-0.2, -0.15) is 13.2 Å². The Morgan fingerprint density at radius 1 is 1.40 bits per heavy atom. The van der Waals surface area contributed by atoms with Crippen LogP contribution in [0.5, 0.6) is 0 Å². The smallest absolute Gasteiger partial charge is 0.373 e. The number of allylic oxidation sites excluding steroid dienone is 2. The Hall–Kier alpha value is -2.18. The van der Waals surface area contributed by atoms with E-state index in [0.29, 0.717) is 20.7 Å². The van der Waals surface area contributed by atoms with Crippen molar-refractivity contribution in [1.82, 2.24) is 20.2 Å². The van der Waals surface area contributed by atoms with E-state index in [4.69, 9.17) is 0 Å². The Kier molecular flexibility index (Phi) is 5.27. The van der Waals surface area contributed by atoms with Gasteiger partial charge < -0.3 is 15.5 Å². The van der Waals surface area contributed by atoms with E-state index in [1.54, 1.807) is 25.3 Å². The lowest BCUT2D eigenvalue weighted by Crippen LogP contribution is -2.48. The van der Waals surface area contributed by atoms with Gasteiger partial charge in [-0.25, -0.2) is 9.97 Å². The Morgan fingerprint density at radius 3 is 2.80 bits per heavy atom. The molecule has 1 saturated carbocycles. The van der Waals surface area contributed by atoms with Crippen LogP contribution in [-0.2, 0) is 15.0 Å². The monoisotopic (exact) mass is 533 g/mol. The zero-order valence-corrected chi connectivity index (χ0v) is 18.2. The summed E-state index contributed by atoms with van der Waals surface area (Å²) in [4.78, 5) is 35.9. The summed E-state index contributed by atoms with van der Waals surface area (Å²) >= 11 is 1.97. The third-order valence-corrected chi connectivity index (χ3v) is 6.14. The minimum atomic E-state index is -4.23. The maximum absolute atomic E-state index is 12.8. The van der Waals surface area contributed by atoms with Crippen molar-refractivity contribution in [3.05, 3.63) is 33.4 Å². The fourth-order valence-electron chi connectivity index (χ4n) is 3.40. The molecule has 1 aliphatic carbocycles. The fraction of sp³-hybridized carbons (Fsp3) is 0.474. The summed E-state index contributed by atoms with van der Waals surface area (Å²) in [6.45, 7) is 1.60. The van der Waals surface area contributed by atoms with Crippen LogP contribution in [-0.4, -0.2) is 52.0 Å². The SMILES string of the molecule is CC1(C(=O)NC2CC2)C(=O)Nc2nc(C3=CC=CN(CCC(F)(F)F)C3)nc(I)c21. The number of alkyl halides is 3. The van der Waals surface area contributed by atoms with Gasteiger partial charge >= 0.3 is 6.18 Å². The molecular weight excluding hydrogens is 514 g/mol. The highest BCUT2D eigenvalue weighted by atomic mass is 127. The van der Waals surface area contributed by atoms with Crippen LogP contribution in [0.2, 0.25) is 0 Å². The summed E-state index contributed by atoms with van der Waals surface area (Å²) in [6.07, 6.45) is 1.61. The first kappa shape index (κ1) is 21.1. The third kappa shape index (κ3) is 4.03. The second kappa shape index (κ2) is 7.50. The summed E-state index contributed by atoms with van der Waals surface area (Å²) in [7, 11) is 0.